The van der Waals surface area contributed by atoms with Crippen molar-refractivity contribution in [1.82, 2.24) is 9.55 Å². The first-order valence-corrected chi connectivity index (χ1v) is 9.84. The average molecular weight is 411 g/mol. The predicted molar refractivity (Wildman–Crippen MR) is 115 cm³/mol. The summed E-state index contributed by atoms with van der Waals surface area (Å²) in [5.41, 5.74) is 5.90. The molecule has 1 unspecified atom stereocenters. The fourth-order valence-corrected chi connectivity index (χ4v) is 3.85. The predicted octanol–water partition coefficient (Wildman–Crippen LogP) is 6.09. The first-order chi connectivity index (χ1) is 13.4. The summed E-state index contributed by atoms with van der Waals surface area (Å²) in [6.07, 6.45) is -0.833. The molecule has 0 saturated carbocycles. The highest BCUT2D eigenvalue weighted by Crippen LogP contribution is 2.30. The lowest BCUT2D eigenvalue weighted by atomic mass is 10.1. The number of aryl methyl sites for hydroxylation is 2. The van der Waals surface area contributed by atoms with E-state index in [0.29, 0.717) is 22.4 Å². The lowest BCUT2D eigenvalue weighted by Gasteiger charge is -2.15. The van der Waals surface area contributed by atoms with Crippen molar-refractivity contribution in [1.29, 1.82) is 0 Å². The van der Waals surface area contributed by atoms with E-state index >= 15 is 0 Å². The summed E-state index contributed by atoms with van der Waals surface area (Å²) in [6.45, 7) is 4.64. The third-order valence-electron chi connectivity index (χ3n) is 5.10. The molecule has 28 heavy (non-hydrogen) atoms. The number of fused-ring (bicyclic) bond motifs is 1. The number of nitrogens with zero attached hydrogens (tertiary/aromatic N) is 2. The molecule has 0 aliphatic heterocycles. The van der Waals surface area contributed by atoms with Crippen LogP contribution < -0.4 is 0 Å². The van der Waals surface area contributed by atoms with Crippen LogP contribution in [-0.2, 0) is 6.54 Å². The van der Waals surface area contributed by atoms with Crippen molar-refractivity contribution in [3.8, 4) is 0 Å². The Morgan fingerprint density at radius 3 is 2.39 bits per heavy atom. The van der Waals surface area contributed by atoms with Gasteiger partial charge in [0.2, 0.25) is 0 Å². The summed E-state index contributed by atoms with van der Waals surface area (Å²) in [5, 5.41) is 12.3. The fourth-order valence-electron chi connectivity index (χ4n) is 3.38. The zero-order chi connectivity index (χ0) is 19.8. The standard InChI is InChI=1S/C23H20Cl2N2O/c1-14-10-20-21(11-15(14)2)27(13-17-8-9-18(24)12-19(17)25)23(26-20)22(28)16-6-4-3-5-7-16/h3-12,22,28H,13H2,1-2H3. The Kier molecular flexibility index (Phi) is 5.15. The van der Waals surface area contributed by atoms with Gasteiger partial charge in [0.1, 0.15) is 11.9 Å². The second kappa shape index (κ2) is 7.59. The van der Waals surface area contributed by atoms with E-state index in [-0.39, 0.29) is 0 Å². The molecular weight excluding hydrogens is 391 g/mol. The van der Waals surface area contributed by atoms with E-state index < -0.39 is 6.10 Å². The van der Waals surface area contributed by atoms with E-state index in [2.05, 4.69) is 26.0 Å². The SMILES string of the molecule is Cc1cc2nc(C(O)c3ccccc3)n(Cc3ccc(Cl)cc3Cl)c2cc1C. The summed E-state index contributed by atoms with van der Waals surface area (Å²) >= 11 is 12.5. The maximum Gasteiger partial charge on any atom is 0.143 e. The average Bonchev–Trinajstić information content (AvgIpc) is 3.01. The van der Waals surface area contributed by atoms with E-state index in [1.54, 1.807) is 6.07 Å². The Balaban J connectivity index is 1.89. The van der Waals surface area contributed by atoms with E-state index in [4.69, 9.17) is 28.2 Å². The number of imidazole rings is 1. The van der Waals surface area contributed by atoms with Crippen molar-refractivity contribution in [2.45, 2.75) is 26.5 Å². The van der Waals surface area contributed by atoms with Gasteiger partial charge in [-0.3, -0.25) is 0 Å². The Morgan fingerprint density at radius 2 is 1.68 bits per heavy atom. The highest BCUT2D eigenvalue weighted by Gasteiger charge is 2.21. The minimum absolute atomic E-state index is 0.494. The maximum absolute atomic E-state index is 11.1. The number of aliphatic hydroxyl groups excluding tert-OH is 1. The van der Waals surface area contributed by atoms with Crippen LogP contribution in [-0.4, -0.2) is 14.7 Å². The molecule has 0 amide bonds. The number of benzene rings is 3. The first kappa shape index (κ1) is 19.0. The van der Waals surface area contributed by atoms with E-state index in [1.165, 1.54) is 11.1 Å². The molecule has 3 aromatic carbocycles. The molecule has 4 aromatic rings. The van der Waals surface area contributed by atoms with Crippen molar-refractivity contribution in [3.63, 3.8) is 0 Å². The van der Waals surface area contributed by atoms with E-state index in [0.717, 1.165) is 22.2 Å². The molecule has 0 bridgehead atoms. The lowest BCUT2D eigenvalue weighted by molar-refractivity contribution is 0.206. The first-order valence-electron chi connectivity index (χ1n) is 9.08. The fraction of sp³-hybridized carbons (Fsp3) is 0.174. The van der Waals surface area contributed by atoms with Gasteiger partial charge < -0.3 is 9.67 Å². The van der Waals surface area contributed by atoms with Crippen molar-refractivity contribution >= 4 is 34.2 Å². The second-order valence-corrected chi connectivity index (χ2v) is 7.87. The molecule has 1 N–H and O–H groups in total. The Bertz CT molecular complexity index is 1150. The van der Waals surface area contributed by atoms with Gasteiger partial charge >= 0.3 is 0 Å². The molecule has 1 aromatic heterocycles. The van der Waals surface area contributed by atoms with Gasteiger partial charge in [0.15, 0.2) is 0 Å². The second-order valence-electron chi connectivity index (χ2n) is 7.03. The maximum atomic E-state index is 11.1. The third-order valence-corrected chi connectivity index (χ3v) is 5.68. The van der Waals surface area contributed by atoms with Gasteiger partial charge in [0, 0.05) is 10.0 Å². The zero-order valence-electron chi connectivity index (χ0n) is 15.7. The molecule has 1 heterocycles. The van der Waals surface area contributed by atoms with E-state index in [1.807, 2.05) is 47.0 Å². The summed E-state index contributed by atoms with van der Waals surface area (Å²) in [4.78, 5) is 4.78. The number of hydrogen-bond acceptors (Lipinski definition) is 2. The molecule has 0 fully saturated rings. The van der Waals surface area contributed by atoms with Gasteiger partial charge in [-0.1, -0.05) is 59.6 Å². The monoisotopic (exact) mass is 410 g/mol. The summed E-state index contributed by atoms with van der Waals surface area (Å²) in [7, 11) is 0. The van der Waals surface area contributed by atoms with Crippen LogP contribution in [0.5, 0.6) is 0 Å². The quantitative estimate of drug-likeness (QED) is 0.441. The minimum atomic E-state index is -0.833. The van der Waals surface area contributed by atoms with Crippen molar-refractivity contribution in [2.24, 2.45) is 0 Å². The largest absolute Gasteiger partial charge is 0.380 e. The van der Waals surface area contributed by atoms with Gasteiger partial charge in [-0.05, 0) is 60.4 Å². The topological polar surface area (TPSA) is 38.1 Å². The van der Waals surface area contributed by atoms with Crippen LogP contribution >= 0.6 is 23.2 Å². The van der Waals surface area contributed by atoms with Crippen LogP contribution in [0.15, 0.2) is 60.7 Å². The third kappa shape index (κ3) is 3.53. The number of hydrogen-bond donors (Lipinski definition) is 1. The summed E-state index contributed by atoms with van der Waals surface area (Å²) in [6, 6.07) is 19.2. The molecule has 0 radical (unpaired) electrons. The molecule has 0 spiro atoms. The Morgan fingerprint density at radius 1 is 0.964 bits per heavy atom. The van der Waals surface area contributed by atoms with Crippen LogP contribution in [0.3, 0.4) is 0 Å². The highest BCUT2D eigenvalue weighted by molar-refractivity contribution is 6.35. The van der Waals surface area contributed by atoms with Crippen molar-refractivity contribution in [2.75, 3.05) is 0 Å². The van der Waals surface area contributed by atoms with Crippen LogP contribution in [0.4, 0.5) is 0 Å². The number of halogens is 2. The zero-order valence-corrected chi connectivity index (χ0v) is 17.2. The normalized spacial score (nSPS) is 12.5. The van der Waals surface area contributed by atoms with E-state index in [9.17, 15) is 5.11 Å². The molecule has 142 valence electrons. The Hall–Kier alpha value is -2.33. The highest BCUT2D eigenvalue weighted by atomic mass is 35.5. The van der Waals surface area contributed by atoms with Crippen molar-refractivity contribution in [3.05, 3.63) is 98.8 Å². The van der Waals surface area contributed by atoms with Gasteiger partial charge in [-0.2, -0.15) is 0 Å². The van der Waals surface area contributed by atoms with Crippen LogP contribution in [0.25, 0.3) is 11.0 Å². The molecular formula is C23H20Cl2N2O. The molecule has 0 aliphatic carbocycles. The smallest absolute Gasteiger partial charge is 0.143 e. The van der Waals surface area contributed by atoms with Gasteiger partial charge in [0.05, 0.1) is 17.6 Å². The molecule has 3 nitrogen and oxygen atoms in total. The molecule has 5 heteroatoms. The molecule has 0 saturated heterocycles. The summed E-state index contributed by atoms with van der Waals surface area (Å²) < 4.78 is 2.04. The molecule has 4 rings (SSSR count). The van der Waals surface area contributed by atoms with Gasteiger partial charge in [-0.25, -0.2) is 4.98 Å². The van der Waals surface area contributed by atoms with Crippen LogP contribution in [0, 0.1) is 13.8 Å². The Labute approximate surface area is 174 Å². The number of aliphatic hydroxyl groups is 1. The van der Waals surface area contributed by atoms with Crippen molar-refractivity contribution < 1.29 is 5.11 Å². The van der Waals surface area contributed by atoms with Gasteiger partial charge in [0.25, 0.3) is 0 Å². The van der Waals surface area contributed by atoms with Gasteiger partial charge in [-0.15, -0.1) is 0 Å². The van der Waals surface area contributed by atoms with Crippen LogP contribution in [0.1, 0.15) is 34.2 Å². The lowest BCUT2D eigenvalue weighted by Crippen LogP contribution is -2.11. The number of rotatable bonds is 4. The molecule has 0 aliphatic rings. The molecule has 1 atom stereocenters. The number of aromatic nitrogens is 2. The summed E-state index contributed by atoms with van der Waals surface area (Å²) in [5.74, 6) is 0.595. The van der Waals surface area contributed by atoms with Crippen LogP contribution in [0.2, 0.25) is 10.0 Å². The minimum Gasteiger partial charge on any atom is -0.380 e.